The van der Waals surface area contributed by atoms with E-state index in [9.17, 15) is 14.4 Å². The Hall–Kier alpha value is -2.37. The average Bonchev–Trinajstić information content (AvgIpc) is 2.55. The van der Waals surface area contributed by atoms with Crippen molar-refractivity contribution >= 4 is 17.7 Å². The van der Waals surface area contributed by atoms with Gasteiger partial charge in [-0.3, -0.25) is 14.4 Å². The van der Waals surface area contributed by atoms with Gasteiger partial charge in [0.25, 0.3) is 0 Å². The molecule has 0 spiro atoms. The summed E-state index contributed by atoms with van der Waals surface area (Å²) in [6, 6.07) is 6.85. The van der Waals surface area contributed by atoms with Crippen molar-refractivity contribution in [3.05, 3.63) is 29.8 Å². The lowest BCUT2D eigenvalue weighted by Crippen LogP contribution is -2.29. The highest BCUT2D eigenvalue weighted by molar-refractivity contribution is 5.98. The fourth-order valence-corrected chi connectivity index (χ4v) is 1.90. The van der Waals surface area contributed by atoms with Gasteiger partial charge >= 0.3 is 5.97 Å². The molecule has 1 rings (SSSR count). The quantitative estimate of drug-likeness (QED) is 0.669. The third-order valence-electron chi connectivity index (χ3n) is 3.30. The van der Waals surface area contributed by atoms with Crippen molar-refractivity contribution in [2.24, 2.45) is 0 Å². The monoisotopic (exact) mass is 321 g/mol. The van der Waals surface area contributed by atoms with E-state index < -0.39 is 5.97 Å². The number of carboxylic acids is 1. The molecular formula is C17H23NO5. The summed E-state index contributed by atoms with van der Waals surface area (Å²) in [4.78, 5) is 35.7. The second kappa shape index (κ2) is 9.61. The number of rotatable bonds is 10. The van der Waals surface area contributed by atoms with E-state index in [2.05, 4.69) is 0 Å². The van der Waals surface area contributed by atoms with Crippen molar-refractivity contribution in [2.45, 2.75) is 32.6 Å². The van der Waals surface area contributed by atoms with Crippen LogP contribution in [0.4, 0.5) is 0 Å². The molecule has 0 unspecified atom stereocenters. The first-order valence-electron chi connectivity index (χ1n) is 7.65. The Labute approximate surface area is 136 Å². The normalized spacial score (nSPS) is 10.2. The van der Waals surface area contributed by atoms with Gasteiger partial charge in [0, 0.05) is 32.0 Å². The predicted molar refractivity (Wildman–Crippen MR) is 85.7 cm³/mol. The molecule has 1 amide bonds. The maximum absolute atomic E-state index is 12.1. The molecule has 0 heterocycles. The molecule has 0 saturated heterocycles. The van der Waals surface area contributed by atoms with Crippen LogP contribution in [0.2, 0.25) is 0 Å². The smallest absolute Gasteiger partial charge is 0.305 e. The summed E-state index contributed by atoms with van der Waals surface area (Å²) < 4.78 is 5.45. The van der Waals surface area contributed by atoms with E-state index in [0.29, 0.717) is 17.9 Å². The van der Waals surface area contributed by atoms with Crippen molar-refractivity contribution in [3.63, 3.8) is 0 Å². The maximum atomic E-state index is 12.1. The highest BCUT2D eigenvalue weighted by Gasteiger charge is 2.13. The van der Waals surface area contributed by atoms with Crippen LogP contribution in [-0.4, -0.2) is 47.9 Å². The molecule has 126 valence electrons. The van der Waals surface area contributed by atoms with E-state index in [1.54, 1.807) is 24.3 Å². The second-order valence-corrected chi connectivity index (χ2v) is 5.26. The van der Waals surface area contributed by atoms with Gasteiger partial charge in [0.1, 0.15) is 5.75 Å². The Morgan fingerprint density at radius 2 is 1.74 bits per heavy atom. The lowest BCUT2D eigenvalue weighted by Gasteiger charge is -2.15. The number of aliphatic carboxylic acids is 1. The number of hydrogen-bond acceptors (Lipinski definition) is 4. The third-order valence-corrected chi connectivity index (χ3v) is 3.30. The van der Waals surface area contributed by atoms with Gasteiger partial charge in [0.2, 0.25) is 5.91 Å². The van der Waals surface area contributed by atoms with Gasteiger partial charge in [-0.1, -0.05) is 6.92 Å². The molecule has 0 aliphatic rings. The zero-order chi connectivity index (χ0) is 17.2. The largest absolute Gasteiger partial charge is 0.494 e. The van der Waals surface area contributed by atoms with Gasteiger partial charge in [0.15, 0.2) is 5.78 Å². The highest BCUT2D eigenvalue weighted by Crippen LogP contribution is 2.14. The second-order valence-electron chi connectivity index (χ2n) is 5.26. The van der Waals surface area contributed by atoms with Gasteiger partial charge in [0.05, 0.1) is 13.0 Å². The van der Waals surface area contributed by atoms with Crippen LogP contribution in [0.5, 0.6) is 5.75 Å². The van der Waals surface area contributed by atoms with Crippen LogP contribution < -0.4 is 4.74 Å². The summed E-state index contributed by atoms with van der Waals surface area (Å²) >= 11 is 0. The van der Waals surface area contributed by atoms with E-state index in [-0.39, 0.29) is 37.5 Å². The molecule has 1 N–H and O–H groups in total. The summed E-state index contributed by atoms with van der Waals surface area (Å²) in [7, 11) is 1.54. The molecule has 23 heavy (non-hydrogen) atoms. The van der Waals surface area contributed by atoms with Crippen LogP contribution >= 0.6 is 0 Å². The van der Waals surface area contributed by atoms with E-state index in [4.69, 9.17) is 9.84 Å². The molecule has 0 aromatic heterocycles. The Morgan fingerprint density at radius 3 is 2.30 bits per heavy atom. The van der Waals surface area contributed by atoms with Crippen molar-refractivity contribution in [3.8, 4) is 5.75 Å². The average molecular weight is 321 g/mol. The Morgan fingerprint density at radius 1 is 1.09 bits per heavy atom. The number of carboxylic acid groups (broad SMARTS) is 1. The fourth-order valence-electron chi connectivity index (χ4n) is 1.90. The highest BCUT2D eigenvalue weighted by atomic mass is 16.5. The number of ketones is 1. The van der Waals surface area contributed by atoms with Crippen molar-refractivity contribution in [2.75, 3.05) is 20.2 Å². The van der Waals surface area contributed by atoms with Gasteiger partial charge in [-0.05, 0) is 30.7 Å². The van der Waals surface area contributed by atoms with Gasteiger partial charge in [-0.15, -0.1) is 0 Å². The zero-order valence-electron chi connectivity index (χ0n) is 13.6. The van der Waals surface area contributed by atoms with Crippen LogP contribution in [-0.2, 0) is 9.59 Å². The first kappa shape index (κ1) is 18.7. The van der Waals surface area contributed by atoms with Crippen LogP contribution in [0.3, 0.4) is 0 Å². The minimum absolute atomic E-state index is 0.0725. The Bertz CT molecular complexity index is 538. The fraction of sp³-hybridized carbons (Fsp3) is 0.471. The molecule has 0 aliphatic carbocycles. The number of Topliss-reactive ketones (excluding diaryl/α,β-unsaturated/α-hetero) is 1. The summed E-state index contributed by atoms with van der Waals surface area (Å²) in [5, 5.41) is 8.59. The van der Waals surface area contributed by atoms with Crippen LogP contribution in [0.15, 0.2) is 24.3 Å². The first-order valence-corrected chi connectivity index (χ1v) is 7.65. The summed E-state index contributed by atoms with van der Waals surface area (Å²) in [5.41, 5.74) is 0.537. The number of ether oxygens (including phenoxy) is 1. The van der Waals surface area contributed by atoms with Gasteiger partial charge in [-0.25, -0.2) is 0 Å². The number of nitrogens with zero attached hydrogens (tertiary/aromatic N) is 1. The molecule has 1 aromatic rings. The van der Waals surface area contributed by atoms with E-state index in [1.165, 1.54) is 11.9 Å². The minimum atomic E-state index is -0.953. The molecule has 0 saturated carbocycles. The molecular weight excluding hydrogens is 298 g/mol. The number of carbonyl (C=O) groups excluding carboxylic acids is 2. The lowest BCUT2D eigenvalue weighted by atomic mass is 10.1. The van der Waals surface area contributed by atoms with E-state index >= 15 is 0 Å². The van der Waals surface area contributed by atoms with Crippen LogP contribution in [0.1, 0.15) is 43.0 Å². The minimum Gasteiger partial charge on any atom is -0.494 e. The molecule has 0 bridgehead atoms. The zero-order valence-corrected chi connectivity index (χ0v) is 13.6. The number of carbonyl (C=O) groups is 3. The third kappa shape index (κ3) is 6.95. The Kier molecular flexibility index (Phi) is 7.80. The van der Waals surface area contributed by atoms with E-state index in [0.717, 1.165) is 6.42 Å². The van der Waals surface area contributed by atoms with Crippen molar-refractivity contribution in [1.29, 1.82) is 0 Å². The van der Waals surface area contributed by atoms with Gasteiger partial charge in [-0.2, -0.15) is 0 Å². The predicted octanol–water partition coefficient (Wildman–Crippen LogP) is 2.37. The summed E-state index contributed by atoms with van der Waals surface area (Å²) in [6.07, 6.45) is 0.988. The SMILES string of the molecule is CCCOc1ccc(C(=O)CCC(=O)N(C)CCC(=O)O)cc1. The number of hydrogen-bond donors (Lipinski definition) is 1. The molecule has 6 nitrogen and oxygen atoms in total. The summed E-state index contributed by atoms with van der Waals surface area (Å²) in [5.74, 6) is -0.589. The standard InChI is InChI=1S/C17H23NO5/c1-3-12-23-14-6-4-13(5-7-14)15(19)8-9-16(20)18(2)11-10-17(21)22/h4-7H,3,8-12H2,1-2H3,(H,21,22). The maximum Gasteiger partial charge on any atom is 0.305 e. The van der Waals surface area contributed by atoms with Crippen molar-refractivity contribution < 1.29 is 24.2 Å². The van der Waals surface area contributed by atoms with E-state index in [1.807, 2.05) is 6.92 Å². The van der Waals surface area contributed by atoms with Crippen molar-refractivity contribution in [1.82, 2.24) is 4.90 Å². The molecule has 0 radical (unpaired) electrons. The topological polar surface area (TPSA) is 83.9 Å². The Balaban J connectivity index is 2.43. The molecule has 0 aliphatic heterocycles. The molecule has 0 atom stereocenters. The van der Waals surface area contributed by atoms with Crippen LogP contribution in [0.25, 0.3) is 0 Å². The molecule has 1 aromatic carbocycles. The molecule has 6 heteroatoms. The summed E-state index contributed by atoms with van der Waals surface area (Å²) in [6.45, 7) is 2.79. The first-order chi connectivity index (χ1) is 10.9. The van der Waals surface area contributed by atoms with Gasteiger partial charge < -0.3 is 14.7 Å². The van der Waals surface area contributed by atoms with Crippen LogP contribution in [0, 0.1) is 0 Å². The molecule has 0 fully saturated rings. The lowest BCUT2D eigenvalue weighted by molar-refractivity contribution is -0.138. The number of amides is 1. The number of benzene rings is 1.